The SMILES string of the molecule is CCn1cnc(S(=O)(=O)Nc2ccc(C(C)NC)cc2)c1. The molecule has 0 saturated heterocycles. The molecule has 1 unspecified atom stereocenters. The fourth-order valence-electron chi connectivity index (χ4n) is 1.87. The van der Waals surface area contributed by atoms with Crippen LogP contribution in [-0.2, 0) is 16.6 Å². The number of rotatable bonds is 6. The number of benzene rings is 1. The van der Waals surface area contributed by atoms with E-state index in [9.17, 15) is 8.42 Å². The molecule has 1 atom stereocenters. The van der Waals surface area contributed by atoms with Crippen LogP contribution in [0, 0.1) is 0 Å². The van der Waals surface area contributed by atoms with Gasteiger partial charge in [-0.1, -0.05) is 12.1 Å². The van der Waals surface area contributed by atoms with Crippen molar-refractivity contribution in [3.05, 3.63) is 42.4 Å². The molecule has 7 heteroatoms. The first kappa shape index (κ1) is 15.5. The van der Waals surface area contributed by atoms with Gasteiger partial charge in [-0.25, -0.2) is 4.98 Å². The second-order valence-electron chi connectivity index (χ2n) is 4.78. The summed E-state index contributed by atoms with van der Waals surface area (Å²) in [6, 6.07) is 7.50. The van der Waals surface area contributed by atoms with Gasteiger partial charge in [-0.2, -0.15) is 8.42 Å². The molecule has 2 N–H and O–H groups in total. The van der Waals surface area contributed by atoms with E-state index in [-0.39, 0.29) is 11.1 Å². The Hall–Kier alpha value is -1.86. The average Bonchev–Trinajstić information content (AvgIpc) is 2.96. The second-order valence-corrected chi connectivity index (χ2v) is 6.41. The summed E-state index contributed by atoms with van der Waals surface area (Å²) in [4.78, 5) is 3.92. The molecule has 0 aliphatic carbocycles. The zero-order valence-electron chi connectivity index (χ0n) is 12.4. The summed E-state index contributed by atoms with van der Waals surface area (Å²) in [5.74, 6) is 0. The van der Waals surface area contributed by atoms with Crippen LogP contribution in [0.1, 0.15) is 25.5 Å². The minimum absolute atomic E-state index is 0.0250. The van der Waals surface area contributed by atoms with E-state index in [1.165, 1.54) is 12.5 Å². The smallest absolute Gasteiger partial charge is 0.280 e. The van der Waals surface area contributed by atoms with Crippen molar-refractivity contribution in [1.82, 2.24) is 14.9 Å². The fraction of sp³-hybridized carbons (Fsp3) is 0.357. The highest BCUT2D eigenvalue weighted by Crippen LogP contribution is 2.18. The van der Waals surface area contributed by atoms with E-state index in [1.807, 2.05) is 33.0 Å². The molecule has 1 aromatic carbocycles. The van der Waals surface area contributed by atoms with Crippen molar-refractivity contribution in [3.63, 3.8) is 0 Å². The van der Waals surface area contributed by atoms with Crippen LogP contribution in [-0.4, -0.2) is 25.0 Å². The van der Waals surface area contributed by atoms with E-state index >= 15 is 0 Å². The van der Waals surface area contributed by atoms with Crippen LogP contribution in [0.15, 0.2) is 41.8 Å². The lowest BCUT2D eigenvalue weighted by molar-refractivity contribution is 0.598. The van der Waals surface area contributed by atoms with Crippen LogP contribution in [0.5, 0.6) is 0 Å². The number of nitrogens with zero attached hydrogens (tertiary/aromatic N) is 2. The summed E-state index contributed by atoms with van der Waals surface area (Å²) in [5.41, 5.74) is 1.61. The van der Waals surface area contributed by atoms with E-state index in [4.69, 9.17) is 0 Å². The normalized spacial score (nSPS) is 13.1. The van der Waals surface area contributed by atoms with Crippen LogP contribution >= 0.6 is 0 Å². The maximum Gasteiger partial charge on any atom is 0.280 e. The Morgan fingerprint density at radius 1 is 1.29 bits per heavy atom. The molecule has 0 aliphatic heterocycles. The van der Waals surface area contributed by atoms with Gasteiger partial charge in [0.2, 0.25) is 0 Å². The van der Waals surface area contributed by atoms with Gasteiger partial charge in [0.15, 0.2) is 5.03 Å². The van der Waals surface area contributed by atoms with Gasteiger partial charge in [0.05, 0.1) is 6.33 Å². The average molecular weight is 308 g/mol. The summed E-state index contributed by atoms with van der Waals surface area (Å²) in [6.07, 6.45) is 3.02. The predicted molar refractivity (Wildman–Crippen MR) is 82.6 cm³/mol. The molecule has 0 aliphatic rings. The number of sulfonamides is 1. The lowest BCUT2D eigenvalue weighted by Gasteiger charge is -2.11. The Morgan fingerprint density at radius 3 is 2.48 bits per heavy atom. The largest absolute Gasteiger partial charge is 0.336 e. The molecule has 0 spiro atoms. The Morgan fingerprint density at radius 2 is 1.95 bits per heavy atom. The lowest BCUT2D eigenvalue weighted by Crippen LogP contribution is -2.14. The predicted octanol–water partition coefficient (Wildman–Crippen LogP) is 1.98. The van der Waals surface area contributed by atoms with Crippen molar-refractivity contribution in [1.29, 1.82) is 0 Å². The number of aromatic nitrogens is 2. The van der Waals surface area contributed by atoms with Gasteiger partial charge in [-0.3, -0.25) is 4.72 Å². The molecule has 21 heavy (non-hydrogen) atoms. The van der Waals surface area contributed by atoms with Gasteiger partial charge in [-0.05, 0) is 38.6 Å². The van der Waals surface area contributed by atoms with Gasteiger partial charge in [0, 0.05) is 24.5 Å². The van der Waals surface area contributed by atoms with Crippen molar-refractivity contribution in [2.45, 2.75) is 31.5 Å². The van der Waals surface area contributed by atoms with Crippen LogP contribution in [0.3, 0.4) is 0 Å². The van der Waals surface area contributed by atoms with E-state index < -0.39 is 10.0 Å². The molecule has 114 valence electrons. The highest BCUT2D eigenvalue weighted by molar-refractivity contribution is 7.92. The topological polar surface area (TPSA) is 76.0 Å². The minimum atomic E-state index is -3.64. The zero-order valence-corrected chi connectivity index (χ0v) is 13.2. The second kappa shape index (κ2) is 6.28. The van der Waals surface area contributed by atoms with Crippen molar-refractivity contribution >= 4 is 15.7 Å². The third kappa shape index (κ3) is 3.62. The van der Waals surface area contributed by atoms with Gasteiger partial charge >= 0.3 is 0 Å². The highest BCUT2D eigenvalue weighted by atomic mass is 32.2. The number of hydrogen-bond acceptors (Lipinski definition) is 4. The van der Waals surface area contributed by atoms with E-state index in [0.29, 0.717) is 12.2 Å². The molecule has 0 radical (unpaired) electrons. The van der Waals surface area contributed by atoms with Crippen LogP contribution in [0.4, 0.5) is 5.69 Å². The molecule has 1 heterocycles. The maximum absolute atomic E-state index is 12.2. The van der Waals surface area contributed by atoms with Gasteiger partial charge < -0.3 is 9.88 Å². The van der Waals surface area contributed by atoms with E-state index in [0.717, 1.165) is 5.56 Å². The number of anilines is 1. The monoisotopic (exact) mass is 308 g/mol. The van der Waals surface area contributed by atoms with E-state index in [1.54, 1.807) is 16.7 Å². The molecule has 2 rings (SSSR count). The number of imidazole rings is 1. The van der Waals surface area contributed by atoms with Crippen molar-refractivity contribution in [3.8, 4) is 0 Å². The number of nitrogens with one attached hydrogen (secondary N) is 2. The van der Waals surface area contributed by atoms with Crippen molar-refractivity contribution in [2.24, 2.45) is 0 Å². The molecule has 0 saturated carbocycles. The standard InChI is InChI=1S/C14H20N4O2S/c1-4-18-9-14(16-10-18)21(19,20)17-13-7-5-12(6-8-13)11(2)15-3/h5-11,15,17H,4H2,1-3H3. The molecule has 0 bridgehead atoms. The fourth-order valence-corrected chi connectivity index (χ4v) is 2.88. The first-order valence-electron chi connectivity index (χ1n) is 6.78. The molecular weight excluding hydrogens is 288 g/mol. The Bertz CT molecular complexity index is 692. The Balaban J connectivity index is 2.16. The van der Waals surface area contributed by atoms with Crippen molar-refractivity contribution < 1.29 is 8.42 Å². The van der Waals surface area contributed by atoms with Gasteiger partial charge in [0.25, 0.3) is 10.0 Å². The van der Waals surface area contributed by atoms with Crippen LogP contribution in [0.2, 0.25) is 0 Å². The van der Waals surface area contributed by atoms with E-state index in [2.05, 4.69) is 15.0 Å². The first-order chi connectivity index (χ1) is 9.96. The summed E-state index contributed by atoms with van der Waals surface area (Å²) < 4.78 is 28.7. The minimum Gasteiger partial charge on any atom is -0.336 e. The summed E-state index contributed by atoms with van der Waals surface area (Å²) in [7, 11) is -1.76. The highest BCUT2D eigenvalue weighted by Gasteiger charge is 2.17. The lowest BCUT2D eigenvalue weighted by atomic mass is 10.1. The maximum atomic E-state index is 12.2. The zero-order chi connectivity index (χ0) is 15.5. The van der Waals surface area contributed by atoms with Crippen LogP contribution < -0.4 is 10.0 Å². The molecule has 6 nitrogen and oxygen atoms in total. The van der Waals surface area contributed by atoms with Gasteiger partial charge in [0.1, 0.15) is 0 Å². The van der Waals surface area contributed by atoms with Gasteiger partial charge in [-0.15, -0.1) is 0 Å². The third-order valence-corrected chi connectivity index (χ3v) is 4.61. The Labute approximate surface area is 125 Å². The quantitative estimate of drug-likeness (QED) is 0.855. The summed E-state index contributed by atoms with van der Waals surface area (Å²) in [5, 5.41) is 3.16. The number of hydrogen-bond donors (Lipinski definition) is 2. The summed E-state index contributed by atoms with van der Waals surface area (Å²) >= 11 is 0. The molecular formula is C14H20N4O2S. The summed E-state index contributed by atoms with van der Waals surface area (Å²) in [6.45, 7) is 4.64. The number of aryl methyl sites for hydroxylation is 1. The first-order valence-corrected chi connectivity index (χ1v) is 8.26. The molecule has 0 fully saturated rings. The van der Waals surface area contributed by atoms with Crippen molar-refractivity contribution in [2.75, 3.05) is 11.8 Å². The van der Waals surface area contributed by atoms with Crippen LogP contribution in [0.25, 0.3) is 0 Å². The molecule has 1 aromatic heterocycles. The molecule has 2 aromatic rings. The molecule has 0 amide bonds. The Kier molecular flexibility index (Phi) is 4.64. The third-order valence-electron chi connectivity index (χ3n) is 3.35.